The van der Waals surface area contributed by atoms with Crippen LogP contribution in [0.1, 0.15) is 53.9 Å². The number of aryl methyl sites for hydroxylation is 1. The lowest BCUT2D eigenvalue weighted by Crippen LogP contribution is -2.26. The summed E-state index contributed by atoms with van der Waals surface area (Å²) in [7, 11) is 0. The molecule has 42 heavy (non-hydrogen) atoms. The Morgan fingerprint density at radius 2 is 1.95 bits per heavy atom. The average Bonchev–Trinajstić information content (AvgIpc) is 3.29. The molecule has 5 heterocycles. The quantitative estimate of drug-likeness (QED) is 0.234. The minimum atomic E-state index is -2.77. The maximum atomic E-state index is 15.5. The molecule has 8 nitrogen and oxygen atoms in total. The molecule has 2 aliphatic heterocycles. The third kappa shape index (κ3) is 3.79. The molecule has 1 fully saturated rings. The van der Waals surface area contributed by atoms with Crippen molar-refractivity contribution in [2.24, 2.45) is 10.9 Å². The van der Waals surface area contributed by atoms with Crippen LogP contribution in [0.25, 0.3) is 27.7 Å². The lowest BCUT2D eigenvalue weighted by Gasteiger charge is -2.20. The van der Waals surface area contributed by atoms with Crippen molar-refractivity contribution in [1.82, 2.24) is 29.8 Å². The lowest BCUT2D eigenvalue weighted by atomic mass is 9.96. The number of pyridine rings is 1. The Morgan fingerprint density at radius 1 is 1.10 bits per heavy atom. The molecule has 3 aromatic heterocycles. The van der Waals surface area contributed by atoms with Gasteiger partial charge in [0.15, 0.2) is 0 Å². The molecule has 3 unspecified atom stereocenters. The van der Waals surface area contributed by atoms with E-state index in [2.05, 4.69) is 25.5 Å². The van der Waals surface area contributed by atoms with Crippen molar-refractivity contribution in [2.45, 2.75) is 38.2 Å². The van der Waals surface area contributed by atoms with E-state index in [1.807, 2.05) is 31.2 Å². The van der Waals surface area contributed by atoms with E-state index in [4.69, 9.17) is 11.6 Å². The number of fused-ring (bicyclic) bond motifs is 4. The molecule has 0 saturated heterocycles. The van der Waals surface area contributed by atoms with Crippen molar-refractivity contribution in [3.05, 3.63) is 104 Å². The predicted octanol–water partition coefficient (Wildman–Crippen LogP) is 6.60. The highest BCUT2D eigenvalue weighted by molar-refractivity contribution is 6.31. The molecule has 8 rings (SSSR count). The first kappa shape index (κ1) is 25.2. The highest BCUT2D eigenvalue weighted by Gasteiger charge is 2.55. The largest absolute Gasteiger partial charge is 0.305 e. The molecule has 5 aromatic rings. The monoisotopic (exact) mass is 587 g/mol. The number of aromatic amines is 1. The van der Waals surface area contributed by atoms with E-state index < -0.39 is 24.1 Å². The first-order chi connectivity index (χ1) is 20.3. The standard InChI is InChI=1S/C30H21ClF3N7O/c1-13-17-4-2-14(6-23(17)37-36-13)22-11-21(30(34)35-22)28-20-10-19(20)26-7-15(8-27(42)41(26)28)18-9-16(31)3-5-25(18)40-12-24(29(32)33)38-39-40/h2-9,12,19-20,28-29H,10-11H2,1H3,(H,36,37). The van der Waals surface area contributed by atoms with Crippen molar-refractivity contribution in [3.63, 3.8) is 0 Å². The van der Waals surface area contributed by atoms with Crippen molar-refractivity contribution >= 4 is 28.2 Å². The summed E-state index contributed by atoms with van der Waals surface area (Å²) in [6.07, 6.45) is -0.473. The number of alkyl halides is 2. The van der Waals surface area contributed by atoms with Gasteiger partial charge in [-0.15, -0.1) is 5.10 Å². The summed E-state index contributed by atoms with van der Waals surface area (Å²) in [5, 5.41) is 16.1. The maximum absolute atomic E-state index is 15.5. The van der Waals surface area contributed by atoms with Gasteiger partial charge >= 0.3 is 0 Å². The fourth-order valence-corrected chi connectivity index (χ4v) is 6.66. The van der Waals surface area contributed by atoms with E-state index in [1.54, 1.807) is 22.8 Å². The summed E-state index contributed by atoms with van der Waals surface area (Å²) < 4.78 is 44.8. The number of H-pyrrole nitrogens is 1. The Labute approximate surface area is 241 Å². The van der Waals surface area contributed by atoms with E-state index in [9.17, 15) is 13.6 Å². The van der Waals surface area contributed by atoms with Gasteiger partial charge in [-0.3, -0.25) is 9.89 Å². The van der Waals surface area contributed by atoms with Crippen molar-refractivity contribution in [1.29, 1.82) is 0 Å². The van der Waals surface area contributed by atoms with Crippen molar-refractivity contribution in [3.8, 4) is 16.8 Å². The van der Waals surface area contributed by atoms with Gasteiger partial charge in [-0.05, 0) is 60.7 Å². The first-order valence-electron chi connectivity index (χ1n) is 13.4. The van der Waals surface area contributed by atoms with Gasteiger partial charge in [-0.1, -0.05) is 28.9 Å². The van der Waals surface area contributed by atoms with Gasteiger partial charge in [0.05, 0.1) is 29.2 Å². The van der Waals surface area contributed by atoms with Gasteiger partial charge in [-0.25, -0.2) is 18.5 Å². The van der Waals surface area contributed by atoms with Crippen LogP contribution in [0.4, 0.5) is 13.2 Å². The van der Waals surface area contributed by atoms with Crippen LogP contribution in [-0.2, 0) is 0 Å². The molecule has 1 N–H and O–H groups in total. The zero-order chi connectivity index (χ0) is 28.9. The van der Waals surface area contributed by atoms with Gasteiger partial charge in [0.1, 0.15) is 5.69 Å². The van der Waals surface area contributed by atoms with Gasteiger partial charge < -0.3 is 4.57 Å². The molecule has 1 aliphatic carbocycles. The highest BCUT2D eigenvalue weighted by Crippen LogP contribution is 2.62. The van der Waals surface area contributed by atoms with E-state index in [0.717, 1.165) is 40.5 Å². The molecule has 2 aromatic carbocycles. The fraction of sp³-hybridized carbons (Fsp3) is 0.233. The summed E-state index contributed by atoms with van der Waals surface area (Å²) in [4.78, 5) is 18.0. The molecule has 1 saturated carbocycles. The van der Waals surface area contributed by atoms with E-state index in [-0.39, 0.29) is 17.4 Å². The molecule has 3 atom stereocenters. The second-order valence-electron chi connectivity index (χ2n) is 11.0. The first-order valence-corrected chi connectivity index (χ1v) is 13.8. The number of benzene rings is 2. The van der Waals surface area contributed by atoms with Crippen LogP contribution in [0, 0.1) is 12.8 Å². The van der Waals surface area contributed by atoms with E-state index in [1.165, 1.54) is 10.7 Å². The smallest absolute Gasteiger partial charge is 0.283 e. The zero-order valence-corrected chi connectivity index (χ0v) is 22.8. The molecule has 0 bridgehead atoms. The Balaban J connectivity index is 1.15. The molecule has 0 amide bonds. The number of halogens is 4. The second kappa shape index (κ2) is 8.99. The number of rotatable bonds is 5. The molecule has 0 radical (unpaired) electrons. The minimum absolute atomic E-state index is 0.0995. The Bertz CT molecular complexity index is 2070. The topological polar surface area (TPSA) is 93.8 Å². The number of nitrogens with one attached hydrogen (secondary N) is 1. The highest BCUT2D eigenvalue weighted by atomic mass is 35.5. The summed E-state index contributed by atoms with van der Waals surface area (Å²) in [6, 6.07) is 13.7. The van der Waals surface area contributed by atoms with Crippen LogP contribution >= 0.6 is 11.6 Å². The number of allylic oxidation sites excluding steroid dienone is 1. The third-order valence-corrected chi connectivity index (χ3v) is 8.78. The van der Waals surface area contributed by atoms with Crippen LogP contribution in [0.15, 0.2) is 76.0 Å². The zero-order valence-electron chi connectivity index (χ0n) is 22.0. The fourth-order valence-electron chi connectivity index (χ4n) is 6.48. The summed E-state index contributed by atoms with van der Waals surface area (Å²) in [6.45, 7) is 1.94. The number of hydrogen-bond acceptors (Lipinski definition) is 5. The normalized spacial score (nSPS) is 20.9. The summed E-state index contributed by atoms with van der Waals surface area (Å²) in [5.74, 6) is -0.335. The van der Waals surface area contributed by atoms with Crippen molar-refractivity contribution < 1.29 is 13.2 Å². The number of aromatic nitrogens is 6. The van der Waals surface area contributed by atoms with Gasteiger partial charge in [0.25, 0.3) is 12.0 Å². The molecular weight excluding hydrogens is 567 g/mol. The molecular formula is C30H21ClF3N7O. The van der Waals surface area contributed by atoms with Gasteiger partial charge in [-0.2, -0.15) is 9.49 Å². The third-order valence-electron chi connectivity index (χ3n) is 8.54. The maximum Gasteiger partial charge on any atom is 0.283 e. The average molecular weight is 588 g/mol. The number of hydrogen-bond donors (Lipinski definition) is 1. The number of nitrogens with zero attached hydrogens (tertiary/aromatic N) is 6. The number of aliphatic imine (C=N–C) groups is 1. The van der Waals surface area contributed by atoms with Gasteiger partial charge in [0.2, 0.25) is 5.95 Å². The molecule has 0 spiro atoms. The van der Waals surface area contributed by atoms with Crippen LogP contribution in [0.5, 0.6) is 0 Å². The van der Waals surface area contributed by atoms with Crippen LogP contribution < -0.4 is 5.56 Å². The molecule has 12 heteroatoms. The van der Waals surface area contributed by atoms with E-state index in [0.29, 0.717) is 39.5 Å². The Kier molecular flexibility index (Phi) is 5.40. The van der Waals surface area contributed by atoms with Crippen LogP contribution in [0.3, 0.4) is 0 Å². The lowest BCUT2D eigenvalue weighted by molar-refractivity contribution is 0.146. The minimum Gasteiger partial charge on any atom is -0.305 e. The van der Waals surface area contributed by atoms with Crippen LogP contribution in [-0.4, -0.2) is 35.5 Å². The summed E-state index contributed by atoms with van der Waals surface area (Å²) >= 11 is 6.31. The second-order valence-corrected chi connectivity index (χ2v) is 11.4. The molecule has 210 valence electrons. The SMILES string of the molecule is Cc1[nH]nc2cc(C3=NC(F)=C(C4C5CC5c5cc(-c6cc(Cl)ccc6-n6cc(C(F)F)nn6)cc(=O)n54)C3)ccc12. The van der Waals surface area contributed by atoms with Crippen LogP contribution in [0.2, 0.25) is 5.02 Å². The summed E-state index contributed by atoms with van der Waals surface area (Å²) in [5.41, 5.74) is 5.32. The van der Waals surface area contributed by atoms with Crippen molar-refractivity contribution in [2.75, 3.05) is 0 Å². The Hall–Kier alpha value is -4.51. The van der Waals surface area contributed by atoms with E-state index >= 15 is 4.39 Å². The molecule has 3 aliphatic rings. The van der Waals surface area contributed by atoms with Gasteiger partial charge in [0, 0.05) is 51.3 Å². The Morgan fingerprint density at radius 3 is 2.76 bits per heavy atom. The predicted molar refractivity (Wildman–Crippen MR) is 151 cm³/mol.